The van der Waals surface area contributed by atoms with E-state index in [4.69, 9.17) is 4.84 Å². The molecule has 1 aliphatic carbocycles. The molecule has 0 aromatic heterocycles. The van der Waals surface area contributed by atoms with Crippen molar-refractivity contribution >= 4 is 32.9 Å². The Morgan fingerprint density at radius 3 is 2.48 bits per heavy atom. The van der Waals surface area contributed by atoms with Crippen LogP contribution in [0.2, 0.25) is 0 Å². The highest BCUT2D eigenvalue weighted by Crippen LogP contribution is 2.32. The first-order valence-corrected chi connectivity index (χ1v) is 10.6. The maximum absolute atomic E-state index is 12.9. The zero-order valence-corrected chi connectivity index (χ0v) is 16.1. The minimum absolute atomic E-state index is 0.0359. The molecule has 0 amide bonds. The zero-order chi connectivity index (χ0) is 19.8. The number of oxime groups is 1. The number of hydrogen-bond donors (Lipinski definition) is 0. The molecule has 0 N–H and O–H groups in total. The summed E-state index contributed by atoms with van der Waals surface area (Å²) in [5, 5.41) is 4.00. The number of ketones is 3. The number of carbonyl (C=O) groups is 3. The Bertz CT molecular complexity index is 945. The normalized spacial score (nSPS) is 21.2. The zero-order valence-electron chi connectivity index (χ0n) is 15.3. The second kappa shape index (κ2) is 7.34. The molecule has 1 heterocycles. The predicted molar refractivity (Wildman–Crippen MR) is 97.7 cm³/mol. The van der Waals surface area contributed by atoms with Crippen LogP contribution in [0.25, 0.3) is 0 Å². The molecule has 0 radical (unpaired) electrons. The molecule has 0 spiro atoms. The van der Waals surface area contributed by atoms with E-state index in [2.05, 4.69) is 5.16 Å². The van der Waals surface area contributed by atoms with Crippen molar-refractivity contribution in [2.75, 3.05) is 12.4 Å². The Hall–Kier alpha value is -2.35. The maximum atomic E-state index is 12.9. The molecule has 0 saturated heterocycles. The molecule has 1 aromatic rings. The predicted octanol–water partition coefficient (Wildman–Crippen LogP) is 2.03. The molecule has 0 atom stereocenters. The lowest BCUT2D eigenvalue weighted by Crippen LogP contribution is -2.36. The maximum Gasteiger partial charge on any atom is 0.181 e. The Balaban J connectivity index is 2.12. The summed E-state index contributed by atoms with van der Waals surface area (Å²) in [6.07, 6.45) is 1.06. The minimum Gasteiger partial charge on any atom is -0.396 e. The molecule has 0 unspecified atom stereocenters. The van der Waals surface area contributed by atoms with E-state index >= 15 is 0 Å². The Labute approximate surface area is 157 Å². The van der Waals surface area contributed by atoms with Gasteiger partial charge in [0.2, 0.25) is 0 Å². The van der Waals surface area contributed by atoms with Crippen LogP contribution < -0.4 is 0 Å². The van der Waals surface area contributed by atoms with Crippen LogP contribution in [0.4, 0.5) is 0 Å². The summed E-state index contributed by atoms with van der Waals surface area (Å²) >= 11 is 0. The number of carbonyl (C=O) groups excluding carboxylic acids is 3. The first kappa shape index (κ1) is 19.4. The second-order valence-corrected chi connectivity index (χ2v) is 8.77. The average Bonchev–Trinajstić information content (AvgIpc) is 2.60. The van der Waals surface area contributed by atoms with E-state index in [-0.39, 0.29) is 41.0 Å². The average molecular weight is 391 g/mol. The van der Waals surface area contributed by atoms with E-state index in [0.717, 1.165) is 0 Å². The van der Waals surface area contributed by atoms with Crippen LogP contribution in [0.3, 0.4) is 0 Å². The minimum atomic E-state index is -3.60. The Morgan fingerprint density at radius 1 is 1.19 bits per heavy atom. The molecule has 8 heteroatoms. The van der Waals surface area contributed by atoms with Crippen LogP contribution in [-0.2, 0) is 24.3 Å². The fourth-order valence-corrected chi connectivity index (χ4v) is 5.41. The van der Waals surface area contributed by atoms with Crippen LogP contribution >= 0.6 is 0 Å². The van der Waals surface area contributed by atoms with Gasteiger partial charge in [-0.15, -0.1) is 0 Å². The van der Waals surface area contributed by atoms with Gasteiger partial charge in [-0.25, -0.2) is 8.42 Å². The van der Waals surface area contributed by atoms with Crippen LogP contribution in [0.15, 0.2) is 22.2 Å². The lowest BCUT2D eigenvalue weighted by Gasteiger charge is -2.23. The van der Waals surface area contributed by atoms with E-state index in [1.54, 1.807) is 6.92 Å². The molecule has 0 bridgehead atoms. The van der Waals surface area contributed by atoms with Gasteiger partial charge in [-0.3, -0.25) is 14.4 Å². The largest absolute Gasteiger partial charge is 0.396 e. The van der Waals surface area contributed by atoms with Gasteiger partial charge >= 0.3 is 0 Å². The fourth-order valence-electron chi connectivity index (χ4n) is 3.64. The van der Waals surface area contributed by atoms with Gasteiger partial charge in [-0.1, -0.05) is 17.3 Å². The third-order valence-electron chi connectivity index (χ3n) is 4.96. The van der Waals surface area contributed by atoms with Gasteiger partial charge in [0.05, 0.1) is 16.4 Å². The molecule has 1 aliphatic heterocycles. The van der Waals surface area contributed by atoms with Crippen molar-refractivity contribution < 1.29 is 27.6 Å². The fraction of sp³-hybridized carbons (Fsp3) is 0.474. The molecule has 3 rings (SSSR count). The highest BCUT2D eigenvalue weighted by Gasteiger charge is 2.39. The number of rotatable bonds is 4. The molecule has 2 aliphatic rings. The Kier molecular flexibility index (Phi) is 5.28. The number of hydrogen-bond acceptors (Lipinski definition) is 7. The van der Waals surface area contributed by atoms with Gasteiger partial charge < -0.3 is 4.84 Å². The standard InChI is InChI=1S/C19H21NO6S/c1-3-26-20-14-9-10-27(24,25)19-11(2)12(7-8-13(14)19)18(23)17-15(21)5-4-6-16(17)22/h7-8,17H,3-6,9-10H2,1-2H3. The number of Topliss-reactive ketones (excluding diaryl/α,β-unsaturated/α-hetero) is 3. The van der Waals surface area contributed by atoms with Crippen molar-refractivity contribution in [3.05, 3.63) is 28.8 Å². The number of nitrogens with zero attached hydrogens (tertiary/aromatic N) is 1. The van der Waals surface area contributed by atoms with E-state index in [1.165, 1.54) is 19.1 Å². The van der Waals surface area contributed by atoms with Crippen molar-refractivity contribution in [1.82, 2.24) is 0 Å². The molecule has 1 fully saturated rings. The van der Waals surface area contributed by atoms with E-state index in [9.17, 15) is 22.8 Å². The van der Waals surface area contributed by atoms with Gasteiger partial charge in [0, 0.05) is 30.4 Å². The first-order valence-electron chi connectivity index (χ1n) is 8.93. The first-order chi connectivity index (χ1) is 12.8. The molecule has 7 nitrogen and oxygen atoms in total. The molecule has 27 heavy (non-hydrogen) atoms. The Morgan fingerprint density at radius 2 is 1.85 bits per heavy atom. The van der Waals surface area contributed by atoms with Crippen LogP contribution in [-0.4, -0.2) is 43.8 Å². The van der Waals surface area contributed by atoms with E-state index in [1.807, 2.05) is 0 Å². The topological polar surface area (TPSA) is 107 Å². The number of benzene rings is 1. The summed E-state index contributed by atoms with van der Waals surface area (Å²) < 4.78 is 25.3. The van der Waals surface area contributed by atoms with Gasteiger partial charge in [-0.2, -0.15) is 0 Å². The van der Waals surface area contributed by atoms with Crippen molar-refractivity contribution in [2.24, 2.45) is 11.1 Å². The third-order valence-corrected chi connectivity index (χ3v) is 6.85. The van der Waals surface area contributed by atoms with Gasteiger partial charge in [-0.05, 0) is 25.8 Å². The van der Waals surface area contributed by atoms with E-state index in [0.29, 0.717) is 24.3 Å². The highest BCUT2D eigenvalue weighted by molar-refractivity contribution is 7.91. The summed E-state index contributed by atoms with van der Waals surface area (Å²) in [5.74, 6) is -2.86. The van der Waals surface area contributed by atoms with E-state index < -0.39 is 33.1 Å². The van der Waals surface area contributed by atoms with Crippen molar-refractivity contribution in [3.8, 4) is 0 Å². The molecule has 1 aromatic carbocycles. The second-order valence-electron chi connectivity index (χ2n) is 6.72. The number of fused-ring (bicyclic) bond motifs is 1. The number of sulfone groups is 1. The highest BCUT2D eigenvalue weighted by atomic mass is 32.2. The van der Waals surface area contributed by atoms with Crippen LogP contribution in [0, 0.1) is 12.8 Å². The monoisotopic (exact) mass is 391 g/mol. The molecular formula is C19H21NO6S. The molecule has 1 saturated carbocycles. The van der Waals surface area contributed by atoms with Crippen molar-refractivity contribution in [1.29, 1.82) is 0 Å². The molecule has 144 valence electrons. The summed E-state index contributed by atoms with van der Waals surface area (Å²) in [5.41, 5.74) is 1.27. The summed E-state index contributed by atoms with van der Waals surface area (Å²) in [6, 6.07) is 3.00. The lowest BCUT2D eigenvalue weighted by atomic mass is 9.80. The lowest BCUT2D eigenvalue weighted by molar-refractivity contribution is -0.133. The third kappa shape index (κ3) is 3.45. The summed E-state index contributed by atoms with van der Waals surface area (Å²) in [7, 11) is -3.60. The van der Waals surface area contributed by atoms with Crippen molar-refractivity contribution in [3.63, 3.8) is 0 Å². The van der Waals surface area contributed by atoms with Gasteiger partial charge in [0.1, 0.15) is 12.5 Å². The smallest absolute Gasteiger partial charge is 0.181 e. The van der Waals surface area contributed by atoms with Crippen LogP contribution in [0.5, 0.6) is 0 Å². The summed E-state index contributed by atoms with van der Waals surface area (Å²) in [6.45, 7) is 3.66. The molecular weight excluding hydrogens is 370 g/mol. The van der Waals surface area contributed by atoms with Crippen LogP contribution in [0.1, 0.15) is 54.1 Å². The summed E-state index contributed by atoms with van der Waals surface area (Å²) in [4.78, 5) is 42.3. The van der Waals surface area contributed by atoms with Crippen molar-refractivity contribution in [2.45, 2.75) is 44.4 Å². The SMILES string of the molecule is CCON=C1CCS(=O)(=O)c2c1ccc(C(=O)C1C(=O)CCCC1=O)c2C. The van der Waals surface area contributed by atoms with Gasteiger partial charge in [0.25, 0.3) is 0 Å². The van der Waals surface area contributed by atoms with Gasteiger partial charge in [0.15, 0.2) is 27.2 Å². The quantitative estimate of drug-likeness (QED) is 0.442.